The van der Waals surface area contributed by atoms with E-state index in [0.29, 0.717) is 6.54 Å². The van der Waals surface area contributed by atoms with Crippen LogP contribution in [0.4, 0.5) is 5.69 Å². The second kappa shape index (κ2) is 6.48. The summed E-state index contributed by atoms with van der Waals surface area (Å²) in [4.78, 5) is 20.6. The van der Waals surface area contributed by atoms with Gasteiger partial charge in [-0.25, -0.2) is 4.98 Å². The molecule has 0 bridgehead atoms. The Bertz CT molecular complexity index is 1110. The summed E-state index contributed by atoms with van der Waals surface area (Å²) >= 11 is 4.80. The third-order valence-electron chi connectivity index (χ3n) is 4.11. The summed E-state index contributed by atoms with van der Waals surface area (Å²) in [7, 11) is 2.03. The van der Waals surface area contributed by atoms with E-state index < -0.39 is 0 Å². The van der Waals surface area contributed by atoms with E-state index in [1.165, 1.54) is 10.5 Å². The van der Waals surface area contributed by atoms with E-state index in [9.17, 15) is 4.79 Å². The molecule has 128 valence electrons. The maximum atomic E-state index is 13.0. The Morgan fingerprint density at radius 2 is 2.16 bits per heavy atom. The second-order valence-corrected chi connectivity index (χ2v) is 8.76. The molecule has 7 heteroatoms. The Morgan fingerprint density at radius 3 is 2.88 bits per heavy atom. The van der Waals surface area contributed by atoms with Crippen molar-refractivity contribution in [2.45, 2.75) is 25.3 Å². The lowest BCUT2D eigenvalue weighted by Gasteiger charge is -2.12. The number of nitrogens with zero attached hydrogens (tertiary/aromatic N) is 3. The van der Waals surface area contributed by atoms with Crippen LogP contribution in [0.5, 0.6) is 0 Å². The number of rotatable bonds is 2. The molecule has 0 spiro atoms. The lowest BCUT2D eigenvalue weighted by atomic mass is 10.2. The summed E-state index contributed by atoms with van der Waals surface area (Å²) in [5.41, 5.74) is 2.47. The second-order valence-electron chi connectivity index (χ2n) is 5.77. The predicted octanol–water partition coefficient (Wildman–Crippen LogP) is 2.83. The highest BCUT2D eigenvalue weighted by Gasteiger charge is 2.24. The highest BCUT2D eigenvalue weighted by Crippen LogP contribution is 2.45. The van der Waals surface area contributed by atoms with Crippen LogP contribution >= 0.6 is 34.4 Å². The van der Waals surface area contributed by atoms with Crippen molar-refractivity contribution in [2.75, 3.05) is 11.9 Å². The molecule has 2 aromatic heterocycles. The fraction of sp³-hybridized carbons (Fsp3) is 0.222. The first-order chi connectivity index (χ1) is 12.1. The number of hydrogen-bond donors (Lipinski definition) is 0. The molecule has 1 aliphatic rings. The maximum absolute atomic E-state index is 13.0. The molecule has 1 aliphatic heterocycles. The highest BCUT2D eigenvalue weighted by molar-refractivity contribution is 8.08. The molecule has 0 N–H and O–H groups in total. The van der Waals surface area contributed by atoms with Gasteiger partial charge in [-0.15, -0.1) is 22.7 Å². The first-order valence-electron chi connectivity index (χ1n) is 7.96. The zero-order valence-electron chi connectivity index (χ0n) is 14.1. The van der Waals surface area contributed by atoms with Crippen LogP contribution in [0.3, 0.4) is 0 Å². The average molecular weight is 388 g/mol. The van der Waals surface area contributed by atoms with Gasteiger partial charge in [0.1, 0.15) is 19.2 Å². The molecule has 1 aromatic carbocycles. The van der Waals surface area contributed by atoms with E-state index in [4.69, 9.17) is 0 Å². The summed E-state index contributed by atoms with van der Waals surface area (Å²) in [5, 5.41) is 3.88. The number of thiazole rings is 2. The molecule has 0 saturated heterocycles. The summed E-state index contributed by atoms with van der Waals surface area (Å²) in [6.07, 6.45) is 3.79. The molecular weight excluding hydrogens is 370 g/mol. The van der Waals surface area contributed by atoms with Crippen LogP contribution in [0, 0.1) is 6.92 Å². The zero-order valence-corrected chi connectivity index (χ0v) is 16.6. The SMILES string of the molecule is CCn1c(=O)/c(=C2\Sc3cc(C)ccc3N2C)s/c1=C\c1nccs1. The molecule has 3 heterocycles. The number of fused-ring (bicyclic) bond motifs is 1. The summed E-state index contributed by atoms with van der Waals surface area (Å²) in [6, 6.07) is 6.41. The Kier molecular flexibility index (Phi) is 4.31. The van der Waals surface area contributed by atoms with Crippen LogP contribution in [0.2, 0.25) is 0 Å². The van der Waals surface area contributed by atoms with Gasteiger partial charge in [-0.05, 0) is 31.5 Å². The Hall–Kier alpha value is -1.83. The molecule has 0 amide bonds. The lowest BCUT2D eigenvalue weighted by molar-refractivity contribution is 0.722. The Balaban J connectivity index is 1.94. The van der Waals surface area contributed by atoms with Gasteiger partial charge >= 0.3 is 0 Å². The molecular formula is C18H17N3OS3. The van der Waals surface area contributed by atoms with Crippen LogP contribution in [0.1, 0.15) is 17.5 Å². The molecule has 4 nitrogen and oxygen atoms in total. The molecule has 0 radical (unpaired) electrons. The lowest BCUT2D eigenvalue weighted by Crippen LogP contribution is -2.33. The van der Waals surface area contributed by atoms with E-state index in [-0.39, 0.29) is 5.56 Å². The van der Waals surface area contributed by atoms with Gasteiger partial charge in [0.2, 0.25) is 0 Å². The van der Waals surface area contributed by atoms with Gasteiger partial charge in [-0.2, -0.15) is 0 Å². The third kappa shape index (κ3) is 2.86. The van der Waals surface area contributed by atoms with E-state index in [2.05, 4.69) is 35.0 Å². The van der Waals surface area contributed by atoms with Crippen molar-refractivity contribution in [1.29, 1.82) is 0 Å². The van der Waals surface area contributed by atoms with Crippen molar-refractivity contribution in [1.82, 2.24) is 9.55 Å². The monoisotopic (exact) mass is 387 g/mol. The van der Waals surface area contributed by atoms with Crippen LogP contribution in [-0.2, 0) is 6.54 Å². The topological polar surface area (TPSA) is 38.1 Å². The summed E-state index contributed by atoms with van der Waals surface area (Å²) in [5.74, 6) is 0. The first-order valence-corrected chi connectivity index (χ1v) is 10.5. The fourth-order valence-electron chi connectivity index (χ4n) is 2.84. The molecule has 0 fully saturated rings. The van der Waals surface area contributed by atoms with E-state index in [1.807, 2.05) is 30.0 Å². The van der Waals surface area contributed by atoms with Gasteiger partial charge < -0.3 is 4.90 Å². The number of anilines is 1. The molecule has 3 aromatic rings. The van der Waals surface area contributed by atoms with Crippen LogP contribution in [0.15, 0.2) is 39.5 Å². The van der Waals surface area contributed by atoms with Gasteiger partial charge in [-0.1, -0.05) is 17.8 Å². The first kappa shape index (κ1) is 16.6. The van der Waals surface area contributed by atoms with Crippen molar-refractivity contribution in [3.8, 4) is 0 Å². The molecule has 0 unspecified atom stereocenters. The number of hydrogen-bond acceptors (Lipinski definition) is 6. The largest absolute Gasteiger partial charge is 0.337 e. The average Bonchev–Trinajstić information content (AvgIpc) is 3.27. The maximum Gasteiger partial charge on any atom is 0.271 e. The van der Waals surface area contributed by atoms with Crippen LogP contribution in [0.25, 0.3) is 11.1 Å². The van der Waals surface area contributed by atoms with Crippen molar-refractivity contribution in [3.63, 3.8) is 0 Å². The predicted molar refractivity (Wildman–Crippen MR) is 108 cm³/mol. The van der Waals surface area contributed by atoms with Crippen LogP contribution in [-0.4, -0.2) is 16.6 Å². The summed E-state index contributed by atoms with van der Waals surface area (Å²) < 4.78 is 3.58. The van der Waals surface area contributed by atoms with Crippen molar-refractivity contribution >= 4 is 51.2 Å². The normalized spacial score (nSPS) is 16.6. The molecule has 0 atom stereocenters. The van der Waals surface area contributed by atoms with E-state index in [0.717, 1.165) is 24.9 Å². The van der Waals surface area contributed by atoms with Crippen molar-refractivity contribution in [2.24, 2.45) is 0 Å². The van der Waals surface area contributed by atoms with Gasteiger partial charge in [-0.3, -0.25) is 9.36 Å². The van der Waals surface area contributed by atoms with Gasteiger partial charge in [0, 0.05) is 36.1 Å². The Labute approximate surface area is 157 Å². The van der Waals surface area contributed by atoms with Crippen molar-refractivity contribution in [3.05, 3.63) is 59.9 Å². The minimum atomic E-state index is 0.0779. The molecule has 0 aliphatic carbocycles. The highest BCUT2D eigenvalue weighted by atomic mass is 32.2. The minimum Gasteiger partial charge on any atom is -0.337 e. The van der Waals surface area contributed by atoms with Gasteiger partial charge in [0.15, 0.2) is 0 Å². The minimum absolute atomic E-state index is 0.0779. The number of aryl methyl sites for hydroxylation is 1. The quantitative estimate of drug-likeness (QED) is 0.678. The fourth-order valence-corrected chi connectivity index (χ4v) is 6.03. The number of aromatic nitrogens is 2. The standard InChI is InChI=1S/C18H17N3OS3/c1-4-21-15(10-14-19-7-8-23-14)25-16(17(21)22)18-20(3)12-6-5-11(2)9-13(12)24-18/h5-10H,4H2,1-3H3/b15-10-,18-16+. The van der Waals surface area contributed by atoms with Crippen LogP contribution < -0.4 is 19.7 Å². The third-order valence-corrected chi connectivity index (χ3v) is 7.30. The smallest absolute Gasteiger partial charge is 0.271 e. The number of thioether (sulfide) groups is 1. The van der Waals surface area contributed by atoms with E-state index in [1.54, 1.807) is 40.6 Å². The van der Waals surface area contributed by atoms with E-state index >= 15 is 0 Å². The summed E-state index contributed by atoms with van der Waals surface area (Å²) in [6.45, 7) is 4.75. The molecule has 0 saturated carbocycles. The molecule has 25 heavy (non-hydrogen) atoms. The van der Waals surface area contributed by atoms with Gasteiger partial charge in [0.05, 0.1) is 5.69 Å². The van der Waals surface area contributed by atoms with Crippen molar-refractivity contribution < 1.29 is 0 Å². The molecule has 4 rings (SSSR count). The zero-order chi connectivity index (χ0) is 17.6. The Morgan fingerprint density at radius 1 is 1.32 bits per heavy atom. The van der Waals surface area contributed by atoms with Gasteiger partial charge in [0.25, 0.3) is 5.56 Å². The number of benzene rings is 1.